The Morgan fingerprint density at radius 2 is 1.41 bits per heavy atom. The van der Waals surface area contributed by atoms with Gasteiger partial charge in [0.05, 0.1) is 12.8 Å². The number of carboxylic acid groups (broad SMARTS) is 2. The first-order chi connectivity index (χ1) is 8.09. The van der Waals surface area contributed by atoms with Crippen LogP contribution in [-0.2, 0) is 9.59 Å². The monoisotopic (exact) mass is 243 g/mol. The molecule has 5 heteroatoms. The van der Waals surface area contributed by atoms with Crippen LogP contribution in [0.2, 0.25) is 0 Å². The SMILES string of the molecule is O=C(O)CCN(CCC(=O)O)C1CCCCC1. The Morgan fingerprint density at radius 3 is 1.82 bits per heavy atom. The third-order valence-electron chi connectivity index (χ3n) is 3.32. The Labute approximate surface area is 101 Å². The fourth-order valence-electron chi connectivity index (χ4n) is 2.40. The van der Waals surface area contributed by atoms with Crippen LogP contribution in [-0.4, -0.2) is 46.2 Å². The van der Waals surface area contributed by atoms with Crippen molar-refractivity contribution in [2.45, 2.75) is 51.0 Å². The smallest absolute Gasteiger partial charge is 0.304 e. The Morgan fingerprint density at radius 1 is 0.941 bits per heavy atom. The first kappa shape index (κ1) is 14.0. The van der Waals surface area contributed by atoms with Crippen LogP contribution in [0.4, 0.5) is 0 Å². The summed E-state index contributed by atoms with van der Waals surface area (Å²) in [6, 6.07) is 0.377. The van der Waals surface area contributed by atoms with E-state index in [1.807, 2.05) is 4.90 Å². The van der Waals surface area contributed by atoms with E-state index in [9.17, 15) is 9.59 Å². The van der Waals surface area contributed by atoms with Gasteiger partial charge in [0.1, 0.15) is 0 Å². The van der Waals surface area contributed by atoms with E-state index in [0.717, 1.165) is 12.8 Å². The van der Waals surface area contributed by atoms with E-state index in [0.29, 0.717) is 19.1 Å². The van der Waals surface area contributed by atoms with E-state index < -0.39 is 11.9 Å². The van der Waals surface area contributed by atoms with Crippen LogP contribution in [0.5, 0.6) is 0 Å². The third-order valence-corrected chi connectivity index (χ3v) is 3.32. The average molecular weight is 243 g/mol. The van der Waals surface area contributed by atoms with Gasteiger partial charge in [0.2, 0.25) is 0 Å². The Hall–Kier alpha value is -1.10. The van der Waals surface area contributed by atoms with Crippen molar-refractivity contribution in [3.05, 3.63) is 0 Å². The molecule has 2 N–H and O–H groups in total. The van der Waals surface area contributed by atoms with Crippen molar-refractivity contribution in [3.63, 3.8) is 0 Å². The van der Waals surface area contributed by atoms with Gasteiger partial charge in [-0.15, -0.1) is 0 Å². The molecule has 0 aromatic carbocycles. The van der Waals surface area contributed by atoms with Crippen LogP contribution >= 0.6 is 0 Å². The Balaban J connectivity index is 2.43. The number of hydrogen-bond donors (Lipinski definition) is 2. The molecule has 0 spiro atoms. The molecule has 0 bridgehead atoms. The van der Waals surface area contributed by atoms with Crippen molar-refractivity contribution >= 4 is 11.9 Å². The molecule has 17 heavy (non-hydrogen) atoms. The van der Waals surface area contributed by atoms with Gasteiger partial charge >= 0.3 is 11.9 Å². The van der Waals surface area contributed by atoms with Gasteiger partial charge in [-0.05, 0) is 12.8 Å². The second kappa shape index (κ2) is 7.27. The van der Waals surface area contributed by atoms with Crippen molar-refractivity contribution in [1.29, 1.82) is 0 Å². The lowest BCUT2D eigenvalue weighted by atomic mass is 9.94. The van der Waals surface area contributed by atoms with Gasteiger partial charge in [0.15, 0.2) is 0 Å². The normalized spacial score (nSPS) is 17.2. The Bertz CT molecular complexity index is 243. The van der Waals surface area contributed by atoms with Crippen LogP contribution in [0, 0.1) is 0 Å². The number of carboxylic acids is 2. The lowest BCUT2D eigenvalue weighted by Gasteiger charge is -2.33. The molecule has 1 saturated carbocycles. The summed E-state index contributed by atoms with van der Waals surface area (Å²) in [6.45, 7) is 0.931. The number of nitrogens with zero attached hydrogens (tertiary/aromatic N) is 1. The quantitative estimate of drug-likeness (QED) is 0.709. The molecule has 0 amide bonds. The molecule has 1 rings (SSSR count). The van der Waals surface area contributed by atoms with Crippen molar-refractivity contribution in [1.82, 2.24) is 4.90 Å². The summed E-state index contributed by atoms with van der Waals surface area (Å²) in [5, 5.41) is 17.4. The first-order valence-electron chi connectivity index (χ1n) is 6.27. The Kier molecular flexibility index (Phi) is 5.97. The van der Waals surface area contributed by atoms with E-state index in [1.54, 1.807) is 0 Å². The topological polar surface area (TPSA) is 77.8 Å². The van der Waals surface area contributed by atoms with Crippen LogP contribution in [0.25, 0.3) is 0 Å². The summed E-state index contributed by atoms with van der Waals surface area (Å²) >= 11 is 0. The van der Waals surface area contributed by atoms with Crippen LogP contribution in [0.1, 0.15) is 44.9 Å². The van der Waals surface area contributed by atoms with Gasteiger partial charge in [0.25, 0.3) is 0 Å². The van der Waals surface area contributed by atoms with Gasteiger partial charge in [0, 0.05) is 19.1 Å². The minimum absolute atomic E-state index is 0.0934. The number of aliphatic carboxylic acids is 2. The van der Waals surface area contributed by atoms with Crippen molar-refractivity contribution < 1.29 is 19.8 Å². The zero-order chi connectivity index (χ0) is 12.7. The zero-order valence-corrected chi connectivity index (χ0v) is 10.1. The molecular weight excluding hydrogens is 222 g/mol. The molecule has 0 aromatic heterocycles. The highest BCUT2D eigenvalue weighted by molar-refractivity contribution is 5.67. The lowest BCUT2D eigenvalue weighted by Crippen LogP contribution is -2.39. The molecule has 0 unspecified atom stereocenters. The zero-order valence-electron chi connectivity index (χ0n) is 10.1. The minimum atomic E-state index is -0.818. The first-order valence-corrected chi connectivity index (χ1v) is 6.27. The largest absolute Gasteiger partial charge is 0.481 e. The minimum Gasteiger partial charge on any atom is -0.481 e. The molecule has 1 aliphatic rings. The number of hydrogen-bond acceptors (Lipinski definition) is 3. The lowest BCUT2D eigenvalue weighted by molar-refractivity contribution is -0.137. The molecule has 0 aliphatic heterocycles. The van der Waals surface area contributed by atoms with E-state index >= 15 is 0 Å². The van der Waals surface area contributed by atoms with Gasteiger partial charge in [-0.2, -0.15) is 0 Å². The molecule has 0 heterocycles. The molecule has 5 nitrogen and oxygen atoms in total. The van der Waals surface area contributed by atoms with Crippen LogP contribution in [0.15, 0.2) is 0 Å². The maximum absolute atomic E-state index is 10.6. The second-order valence-corrected chi connectivity index (χ2v) is 4.62. The summed E-state index contributed by atoms with van der Waals surface area (Å²) < 4.78 is 0. The van der Waals surface area contributed by atoms with E-state index in [2.05, 4.69) is 0 Å². The molecule has 0 radical (unpaired) electrons. The predicted octanol–water partition coefficient (Wildman–Crippen LogP) is 1.57. The van der Waals surface area contributed by atoms with Crippen molar-refractivity contribution in [3.8, 4) is 0 Å². The maximum atomic E-state index is 10.6. The second-order valence-electron chi connectivity index (χ2n) is 4.62. The molecule has 0 atom stereocenters. The van der Waals surface area contributed by atoms with E-state index in [4.69, 9.17) is 10.2 Å². The van der Waals surface area contributed by atoms with Gasteiger partial charge in [-0.25, -0.2) is 0 Å². The highest BCUT2D eigenvalue weighted by atomic mass is 16.4. The maximum Gasteiger partial charge on any atom is 0.304 e. The highest BCUT2D eigenvalue weighted by Gasteiger charge is 2.21. The predicted molar refractivity (Wildman–Crippen MR) is 63.0 cm³/mol. The molecule has 0 aromatic rings. The summed E-state index contributed by atoms with van der Waals surface area (Å²) in [7, 11) is 0. The van der Waals surface area contributed by atoms with Gasteiger partial charge < -0.3 is 10.2 Å². The van der Waals surface area contributed by atoms with Crippen LogP contribution in [0.3, 0.4) is 0 Å². The van der Waals surface area contributed by atoms with Crippen LogP contribution < -0.4 is 0 Å². The van der Waals surface area contributed by atoms with E-state index in [1.165, 1.54) is 19.3 Å². The summed E-state index contributed by atoms with van der Waals surface area (Å²) in [5.74, 6) is -1.64. The molecule has 0 saturated heterocycles. The molecule has 1 aliphatic carbocycles. The summed E-state index contributed by atoms with van der Waals surface area (Å²) in [4.78, 5) is 23.2. The fourth-order valence-corrected chi connectivity index (χ4v) is 2.40. The number of rotatable bonds is 7. The fraction of sp³-hybridized carbons (Fsp3) is 0.833. The van der Waals surface area contributed by atoms with Crippen molar-refractivity contribution in [2.75, 3.05) is 13.1 Å². The van der Waals surface area contributed by atoms with Gasteiger partial charge in [-0.1, -0.05) is 19.3 Å². The molecule has 98 valence electrons. The summed E-state index contributed by atoms with van der Waals surface area (Å²) in [6.07, 6.45) is 5.90. The number of carbonyl (C=O) groups is 2. The third kappa shape index (κ3) is 5.68. The molecule has 1 fully saturated rings. The molecular formula is C12H21NO4. The van der Waals surface area contributed by atoms with E-state index in [-0.39, 0.29) is 12.8 Å². The average Bonchev–Trinajstić information content (AvgIpc) is 2.29. The standard InChI is InChI=1S/C12H21NO4/c14-11(15)6-8-13(9-7-12(16)17)10-4-2-1-3-5-10/h10H,1-9H2,(H,14,15)(H,16,17). The van der Waals surface area contributed by atoms with Crippen molar-refractivity contribution in [2.24, 2.45) is 0 Å². The summed E-state index contributed by atoms with van der Waals surface area (Å²) in [5.41, 5.74) is 0. The van der Waals surface area contributed by atoms with Gasteiger partial charge in [-0.3, -0.25) is 14.5 Å². The highest BCUT2D eigenvalue weighted by Crippen LogP contribution is 2.22.